The molecule has 0 bridgehead atoms. The number of hydrogen-bond acceptors (Lipinski definition) is 6. The van der Waals surface area contributed by atoms with Crippen LogP contribution >= 0.6 is 23.5 Å². The second kappa shape index (κ2) is 10.0. The van der Waals surface area contributed by atoms with E-state index in [4.69, 9.17) is 4.74 Å². The zero-order valence-electron chi connectivity index (χ0n) is 16.0. The van der Waals surface area contributed by atoms with Crippen LogP contribution in [0.15, 0.2) is 70.6 Å². The first-order valence-corrected chi connectivity index (χ1v) is 11.0. The normalized spacial score (nSPS) is 10.2. The van der Waals surface area contributed by atoms with Gasteiger partial charge in [-0.15, -0.1) is 11.8 Å². The molecule has 3 aromatic rings. The van der Waals surface area contributed by atoms with Gasteiger partial charge in [-0.1, -0.05) is 23.9 Å². The zero-order valence-corrected chi connectivity index (χ0v) is 17.6. The molecular weight excluding hydrogens is 402 g/mol. The number of aromatic nitrogens is 1. The maximum Gasteiger partial charge on any atom is 0.234 e. The number of methoxy groups -OCH3 is 1. The highest BCUT2D eigenvalue weighted by Crippen LogP contribution is 2.27. The molecule has 29 heavy (non-hydrogen) atoms. The molecule has 0 aliphatic heterocycles. The number of anilines is 1. The molecule has 146 valence electrons. The van der Waals surface area contributed by atoms with Crippen molar-refractivity contribution in [2.75, 3.05) is 24.4 Å². The molecule has 2 aromatic carbocycles. The minimum absolute atomic E-state index is 0.149. The fraction of sp³-hybridized carbons (Fsp3) is 0.136. The van der Waals surface area contributed by atoms with E-state index in [-0.39, 0.29) is 11.7 Å². The molecule has 0 fully saturated rings. The lowest BCUT2D eigenvalue weighted by Crippen LogP contribution is -2.14. The topological polar surface area (TPSA) is 75.0 Å². The predicted octanol–water partition coefficient (Wildman–Crippen LogP) is 5.08. The highest BCUT2D eigenvalue weighted by atomic mass is 32.2. The Morgan fingerprint density at radius 3 is 2.66 bits per heavy atom. The summed E-state index contributed by atoms with van der Waals surface area (Å²) in [5, 5.41) is 12.8. The molecule has 5 nitrogen and oxygen atoms in total. The van der Waals surface area contributed by atoms with Crippen molar-refractivity contribution in [2.24, 2.45) is 0 Å². The molecule has 7 heteroatoms. The Morgan fingerprint density at radius 2 is 1.97 bits per heavy atom. The minimum atomic E-state index is -0.149. The number of carbonyl (C=O) groups is 1. The zero-order chi connectivity index (χ0) is 20.6. The average Bonchev–Trinajstić information content (AvgIpc) is 2.78. The van der Waals surface area contributed by atoms with Gasteiger partial charge in [0.25, 0.3) is 0 Å². The lowest BCUT2D eigenvalue weighted by Gasteiger charge is -2.09. The van der Waals surface area contributed by atoms with Crippen LogP contribution in [0.4, 0.5) is 5.69 Å². The van der Waals surface area contributed by atoms with Crippen LogP contribution in [0.3, 0.4) is 0 Å². The van der Waals surface area contributed by atoms with Gasteiger partial charge >= 0.3 is 0 Å². The second-order valence-electron chi connectivity index (χ2n) is 5.96. The van der Waals surface area contributed by atoms with Crippen LogP contribution in [-0.4, -0.2) is 30.0 Å². The van der Waals surface area contributed by atoms with E-state index in [0.29, 0.717) is 10.6 Å². The fourth-order valence-electron chi connectivity index (χ4n) is 2.58. The van der Waals surface area contributed by atoms with Crippen LogP contribution in [0.1, 0.15) is 5.56 Å². The van der Waals surface area contributed by atoms with E-state index in [0.717, 1.165) is 27.6 Å². The summed E-state index contributed by atoms with van der Waals surface area (Å²) in [5.74, 6) is 0.743. The number of benzene rings is 2. The number of nitrogens with zero attached hydrogens (tertiary/aromatic N) is 2. The highest BCUT2D eigenvalue weighted by molar-refractivity contribution is 8.00. The van der Waals surface area contributed by atoms with E-state index in [1.807, 2.05) is 54.8 Å². The van der Waals surface area contributed by atoms with Gasteiger partial charge in [0, 0.05) is 16.1 Å². The SMILES string of the molecule is COc1cccc(-c2ccc(C#N)c(SCC(=O)Nc3ccc(SC)cc3)n2)c1. The number of thioether (sulfide) groups is 2. The molecule has 0 radical (unpaired) electrons. The van der Waals surface area contributed by atoms with E-state index < -0.39 is 0 Å². The lowest BCUT2D eigenvalue weighted by atomic mass is 10.1. The van der Waals surface area contributed by atoms with Gasteiger partial charge in [-0.25, -0.2) is 4.98 Å². The van der Waals surface area contributed by atoms with Gasteiger partial charge in [-0.05, 0) is 54.8 Å². The van der Waals surface area contributed by atoms with Gasteiger partial charge in [0.05, 0.1) is 24.1 Å². The Kier molecular flexibility index (Phi) is 7.17. The molecule has 0 saturated heterocycles. The molecule has 0 spiro atoms. The number of carbonyl (C=O) groups excluding carboxylic acids is 1. The maximum atomic E-state index is 12.3. The first-order valence-electron chi connectivity index (χ1n) is 8.75. The van der Waals surface area contributed by atoms with Gasteiger partial charge in [0.15, 0.2) is 0 Å². The number of hydrogen-bond donors (Lipinski definition) is 1. The molecule has 1 N–H and O–H groups in total. The molecular formula is C22H19N3O2S2. The first kappa shape index (κ1) is 20.8. The van der Waals surface area contributed by atoms with Crippen LogP contribution in [-0.2, 0) is 4.79 Å². The Bertz CT molecular complexity index is 1050. The van der Waals surface area contributed by atoms with E-state index in [9.17, 15) is 10.1 Å². The van der Waals surface area contributed by atoms with Crippen LogP contribution in [0, 0.1) is 11.3 Å². The second-order valence-corrected chi connectivity index (χ2v) is 7.80. The summed E-state index contributed by atoms with van der Waals surface area (Å²) in [7, 11) is 1.61. The Morgan fingerprint density at radius 1 is 1.17 bits per heavy atom. The summed E-state index contributed by atoms with van der Waals surface area (Å²) in [6.07, 6.45) is 2.00. The Hall–Kier alpha value is -2.95. The summed E-state index contributed by atoms with van der Waals surface area (Å²) >= 11 is 2.89. The highest BCUT2D eigenvalue weighted by Gasteiger charge is 2.11. The summed E-state index contributed by atoms with van der Waals surface area (Å²) < 4.78 is 5.26. The van der Waals surface area contributed by atoms with Crippen LogP contribution in [0.5, 0.6) is 5.75 Å². The third-order valence-corrected chi connectivity index (χ3v) is 5.79. The molecule has 0 unspecified atom stereocenters. The fourth-order valence-corrected chi connectivity index (χ4v) is 3.76. The predicted molar refractivity (Wildman–Crippen MR) is 119 cm³/mol. The molecule has 0 saturated carbocycles. The van der Waals surface area contributed by atoms with Crippen LogP contribution in [0.2, 0.25) is 0 Å². The van der Waals surface area contributed by atoms with Crippen molar-refractivity contribution in [3.8, 4) is 23.1 Å². The maximum absolute atomic E-state index is 12.3. The van der Waals surface area contributed by atoms with E-state index in [1.54, 1.807) is 31.0 Å². The smallest absolute Gasteiger partial charge is 0.234 e. The van der Waals surface area contributed by atoms with Crippen molar-refractivity contribution >= 4 is 35.1 Å². The van der Waals surface area contributed by atoms with Crippen LogP contribution < -0.4 is 10.1 Å². The molecule has 1 amide bonds. The standard InChI is InChI=1S/C22H19N3O2S2/c1-27-18-5-3-4-15(12-18)20-11-6-16(13-23)22(25-20)29-14-21(26)24-17-7-9-19(28-2)10-8-17/h3-12H,14H2,1-2H3,(H,24,26). The first-order chi connectivity index (χ1) is 14.1. The quantitative estimate of drug-likeness (QED) is 0.536. The summed E-state index contributed by atoms with van der Waals surface area (Å²) in [6, 6.07) is 20.9. The van der Waals surface area contributed by atoms with Crippen molar-refractivity contribution in [1.82, 2.24) is 4.98 Å². The summed E-state index contributed by atoms with van der Waals surface area (Å²) in [5.41, 5.74) is 2.79. The van der Waals surface area contributed by atoms with Crippen LogP contribution in [0.25, 0.3) is 11.3 Å². The average molecular weight is 422 g/mol. The number of rotatable bonds is 7. The number of amides is 1. The molecule has 1 heterocycles. The van der Waals surface area contributed by atoms with Crippen molar-refractivity contribution in [1.29, 1.82) is 5.26 Å². The van der Waals surface area contributed by atoms with E-state index >= 15 is 0 Å². The molecule has 0 aliphatic carbocycles. The summed E-state index contributed by atoms with van der Waals surface area (Å²) in [4.78, 5) is 18.0. The molecule has 3 rings (SSSR count). The van der Waals surface area contributed by atoms with Gasteiger partial charge in [-0.2, -0.15) is 5.26 Å². The largest absolute Gasteiger partial charge is 0.497 e. The van der Waals surface area contributed by atoms with Gasteiger partial charge in [0.1, 0.15) is 16.8 Å². The van der Waals surface area contributed by atoms with Crippen molar-refractivity contribution in [2.45, 2.75) is 9.92 Å². The number of nitrogens with one attached hydrogen (secondary N) is 1. The number of nitriles is 1. The number of ether oxygens (including phenoxy) is 1. The Balaban J connectivity index is 1.72. The van der Waals surface area contributed by atoms with Gasteiger partial charge in [-0.3, -0.25) is 4.79 Å². The molecule has 0 atom stereocenters. The number of pyridine rings is 1. The van der Waals surface area contributed by atoms with Crippen molar-refractivity contribution in [3.05, 3.63) is 66.2 Å². The monoisotopic (exact) mass is 421 g/mol. The van der Waals surface area contributed by atoms with E-state index in [1.165, 1.54) is 11.8 Å². The third kappa shape index (κ3) is 5.53. The molecule has 0 aliphatic rings. The Labute approximate surface area is 178 Å². The van der Waals surface area contributed by atoms with Gasteiger partial charge in [0.2, 0.25) is 5.91 Å². The molecule has 1 aromatic heterocycles. The van der Waals surface area contributed by atoms with Crippen molar-refractivity contribution in [3.63, 3.8) is 0 Å². The van der Waals surface area contributed by atoms with E-state index in [2.05, 4.69) is 16.4 Å². The summed E-state index contributed by atoms with van der Waals surface area (Å²) in [6.45, 7) is 0. The third-order valence-electron chi connectivity index (χ3n) is 4.06. The van der Waals surface area contributed by atoms with Crippen molar-refractivity contribution < 1.29 is 9.53 Å². The van der Waals surface area contributed by atoms with Gasteiger partial charge < -0.3 is 10.1 Å². The lowest BCUT2D eigenvalue weighted by molar-refractivity contribution is -0.113. The minimum Gasteiger partial charge on any atom is -0.497 e.